The molecule has 1 atom stereocenters. The second-order valence-electron chi connectivity index (χ2n) is 7.92. The third-order valence-electron chi connectivity index (χ3n) is 5.58. The lowest BCUT2D eigenvalue weighted by atomic mass is 9.90. The number of piperidine rings is 1. The van der Waals surface area contributed by atoms with Gasteiger partial charge in [-0.15, -0.1) is 0 Å². The first-order valence-corrected chi connectivity index (χ1v) is 10.1. The van der Waals surface area contributed by atoms with Crippen LogP contribution in [-0.4, -0.2) is 53.2 Å². The highest BCUT2D eigenvalue weighted by molar-refractivity contribution is 5.98. The van der Waals surface area contributed by atoms with E-state index < -0.39 is 0 Å². The van der Waals surface area contributed by atoms with Gasteiger partial charge in [0.1, 0.15) is 5.82 Å². The molecule has 1 saturated heterocycles. The van der Waals surface area contributed by atoms with Crippen LogP contribution in [0, 0.1) is 6.92 Å². The Hall–Kier alpha value is -3.15. The van der Waals surface area contributed by atoms with E-state index in [9.17, 15) is 4.79 Å². The Kier molecular flexibility index (Phi) is 5.34. The van der Waals surface area contributed by atoms with Gasteiger partial charge in [0.2, 0.25) is 0 Å². The molecule has 1 aliphatic heterocycles. The average Bonchev–Trinajstić information content (AvgIpc) is 3.24. The Morgan fingerprint density at radius 2 is 2.00 bits per heavy atom. The van der Waals surface area contributed by atoms with E-state index in [1.165, 1.54) is 11.1 Å². The summed E-state index contributed by atoms with van der Waals surface area (Å²) in [6, 6.07) is 12.3. The minimum absolute atomic E-state index is 0.0166. The molecular formula is C23H27N5O. The molecule has 3 heterocycles. The van der Waals surface area contributed by atoms with Crippen molar-refractivity contribution in [3.05, 3.63) is 65.6 Å². The van der Waals surface area contributed by atoms with Gasteiger partial charge in [-0.2, -0.15) is 5.10 Å². The molecule has 3 aromatic rings. The summed E-state index contributed by atoms with van der Waals surface area (Å²) in [4.78, 5) is 21.0. The van der Waals surface area contributed by atoms with E-state index in [0.717, 1.165) is 43.0 Å². The molecule has 0 radical (unpaired) electrons. The zero-order valence-electron chi connectivity index (χ0n) is 17.2. The molecular weight excluding hydrogens is 362 g/mol. The van der Waals surface area contributed by atoms with E-state index in [2.05, 4.69) is 51.3 Å². The van der Waals surface area contributed by atoms with Gasteiger partial charge in [0.15, 0.2) is 0 Å². The maximum Gasteiger partial charge on any atom is 0.257 e. The van der Waals surface area contributed by atoms with E-state index in [4.69, 9.17) is 0 Å². The molecule has 0 bridgehead atoms. The normalized spacial score (nSPS) is 16.7. The van der Waals surface area contributed by atoms with Gasteiger partial charge in [-0.1, -0.05) is 29.8 Å². The molecule has 0 aliphatic carbocycles. The number of carbonyl (C=O) groups is 1. The second kappa shape index (κ2) is 8.07. The van der Waals surface area contributed by atoms with Gasteiger partial charge >= 0.3 is 0 Å². The largest absolute Gasteiger partial charge is 0.355 e. The highest BCUT2D eigenvalue weighted by atomic mass is 16.2. The number of aromatic amines is 1. The summed E-state index contributed by atoms with van der Waals surface area (Å²) in [7, 11) is 3.55. The van der Waals surface area contributed by atoms with Crippen LogP contribution in [0.3, 0.4) is 0 Å². The molecule has 2 aromatic heterocycles. The molecule has 1 N–H and O–H groups in total. The van der Waals surface area contributed by atoms with Crippen LogP contribution in [-0.2, 0) is 0 Å². The van der Waals surface area contributed by atoms with Gasteiger partial charge in [-0.25, -0.2) is 4.98 Å². The second-order valence-corrected chi connectivity index (χ2v) is 7.92. The minimum atomic E-state index is -0.0166. The molecule has 1 aliphatic rings. The van der Waals surface area contributed by atoms with Crippen molar-refractivity contribution in [2.75, 3.05) is 32.1 Å². The van der Waals surface area contributed by atoms with Crippen molar-refractivity contribution >= 4 is 11.7 Å². The predicted molar refractivity (Wildman–Crippen MR) is 115 cm³/mol. The third kappa shape index (κ3) is 3.88. The number of carbonyl (C=O) groups excluding carboxylic acids is 1. The van der Waals surface area contributed by atoms with Crippen LogP contribution in [0.15, 0.2) is 48.8 Å². The monoisotopic (exact) mass is 389 g/mol. The fourth-order valence-corrected chi connectivity index (χ4v) is 4.03. The number of aromatic nitrogens is 3. The van der Waals surface area contributed by atoms with E-state index in [0.29, 0.717) is 11.5 Å². The van der Waals surface area contributed by atoms with E-state index in [1.807, 2.05) is 18.3 Å². The quantitative estimate of drug-likeness (QED) is 0.736. The number of nitrogens with zero attached hydrogens (tertiary/aromatic N) is 4. The molecule has 6 nitrogen and oxygen atoms in total. The van der Waals surface area contributed by atoms with Gasteiger partial charge in [-0.05, 0) is 37.5 Å². The lowest BCUT2D eigenvalue weighted by Crippen LogP contribution is -2.37. The Balaban J connectivity index is 1.62. The minimum Gasteiger partial charge on any atom is -0.355 e. The number of pyridine rings is 1. The van der Waals surface area contributed by atoms with Crippen molar-refractivity contribution in [2.24, 2.45) is 0 Å². The molecule has 1 amide bonds. The van der Waals surface area contributed by atoms with Crippen molar-refractivity contribution in [3.63, 3.8) is 0 Å². The molecule has 6 heteroatoms. The Morgan fingerprint density at radius 3 is 2.76 bits per heavy atom. The highest BCUT2D eigenvalue weighted by Gasteiger charge is 2.28. The lowest BCUT2D eigenvalue weighted by Gasteiger charge is -2.34. The first-order valence-electron chi connectivity index (χ1n) is 10.1. The van der Waals surface area contributed by atoms with Crippen LogP contribution in [0.25, 0.3) is 11.1 Å². The molecule has 0 unspecified atom stereocenters. The van der Waals surface area contributed by atoms with Crippen molar-refractivity contribution in [2.45, 2.75) is 25.7 Å². The van der Waals surface area contributed by atoms with Crippen molar-refractivity contribution in [1.82, 2.24) is 20.1 Å². The fourth-order valence-electron chi connectivity index (χ4n) is 4.03. The summed E-state index contributed by atoms with van der Waals surface area (Å²) in [5.74, 6) is 1.07. The Bertz CT molecular complexity index is 993. The molecule has 0 spiro atoms. The number of aryl methyl sites for hydroxylation is 1. The van der Waals surface area contributed by atoms with E-state index in [1.54, 1.807) is 25.2 Å². The summed E-state index contributed by atoms with van der Waals surface area (Å²) in [6.45, 7) is 3.81. The van der Waals surface area contributed by atoms with Crippen LogP contribution in [0.4, 0.5) is 5.82 Å². The number of hydrogen-bond acceptors (Lipinski definition) is 4. The zero-order valence-corrected chi connectivity index (χ0v) is 17.2. The number of H-pyrrole nitrogens is 1. The number of anilines is 1. The topological polar surface area (TPSA) is 65.1 Å². The number of hydrogen-bond donors (Lipinski definition) is 1. The number of rotatable bonds is 4. The van der Waals surface area contributed by atoms with Crippen molar-refractivity contribution in [1.29, 1.82) is 0 Å². The van der Waals surface area contributed by atoms with Crippen LogP contribution >= 0.6 is 0 Å². The number of amides is 1. The summed E-state index contributed by atoms with van der Waals surface area (Å²) in [5.41, 5.74) is 5.40. The molecule has 150 valence electrons. The Labute approximate surface area is 171 Å². The maximum atomic E-state index is 12.6. The fraction of sp³-hybridized carbons (Fsp3) is 0.348. The van der Waals surface area contributed by atoms with Crippen LogP contribution in [0.5, 0.6) is 0 Å². The standard InChI is InChI=1S/C23H27N5O/c1-16-8-10-17(11-9-16)20-14-25-26-21(20)18-6-5-13-28(15-18)22-19(7-4-12-24-22)23(29)27(2)3/h4,7-12,14,18H,5-6,13,15H2,1-3H3,(H,25,26)/t18-/m1/s1. The summed E-state index contributed by atoms with van der Waals surface area (Å²) in [5, 5.41) is 7.59. The van der Waals surface area contributed by atoms with Gasteiger partial charge < -0.3 is 9.80 Å². The van der Waals surface area contributed by atoms with Gasteiger partial charge in [0.05, 0.1) is 11.8 Å². The Morgan fingerprint density at radius 1 is 1.21 bits per heavy atom. The summed E-state index contributed by atoms with van der Waals surface area (Å²) < 4.78 is 0. The first-order chi connectivity index (χ1) is 14.0. The van der Waals surface area contributed by atoms with Gasteiger partial charge in [0, 0.05) is 50.6 Å². The van der Waals surface area contributed by atoms with E-state index >= 15 is 0 Å². The average molecular weight is 390 g/mol. The smallest absolute Gasteiger partial charge is 0.257 e. The highest BCUT2D eigenvalue weighted by Crippen LogP contribution is 2.35. The van der Waals surface area contributed by atoms with Crippen LogP contribution in [0.2, 0.25) is 0 Å². The van der Waals surface area contributed by atoms with Gasteiger partial charge in [0.25, 0.3) is 5.91 Å². The van der Waals surface area contributed by atoms with Crippen molar-refractivity contribution < 1.29 is 4.79 Å². The SMILES string of the molecule is Cc1ccc(-c2cn[nH]c2[C@@H]2CCCN(c3ncccc3C(=O)N(C)C)C2)cc1. The van der Waals surface area contributed by atoms with Crippen LogP contribution < -0.4 is 4.90 Å². The number of nitrogens with one attached hydrogen (secondary N) is 1. The first kappa shape index (κ1) is 19.2. The molecule has 1 fully saturated rings. The summed E-state index contributed by atoms with van der Waals surface area (Å²) in [6.07, 6.45) is 5.81. The lowest BCUT2D eigenvalue weighted by molar-refractivity contribution is 0.0827. The van der Waals surface area contributed by atoms with Crippen molar-refractivity contribution in [3.8, 4) is 11.1 Å². The predicted octanol–water partition coefficient (Wildman–Crippen LogP) is 3.87. The van der Waals surface area contributed by atoms with Crippen LogP contribution in [0.1, 0.15) is 40.4 Å². The summed E-state index contributed by atoms with van der Waals surface area (Å²) >= 11 is 0. The molecule has 1 aromatic carbocycles. The van der Waals surface area contributed by atoms with Gasteiger partial charge in [-0.3, -0.25) is 9.89 Å². The zero-order chi connectivity index (χ0) is 20.4. The number of benzene rings is 1. The molecule has 4 rings (SSSR count). The molecule has 29 heavy (non-hydrogen) atoms. The third-order valence-corrected chi connectivity index (χ3v) is 5.58. The molecule has 0 saturated carbocycles. The van der Waals surface area contributed by atoms with E-state index in [-0.39, 0.29) is 5.91 Å². The maximum absolute atomic E-state index is 12.6.